The number of carbonyl (C=O) groups is 1. The van der Waals surface area contributed by atoms with E-state index in [-0.39, 0.29) is 29.6 Å². The molecule has 3 rings (SSSR count). The van der Waals surface area contributed by atoms with Gasteiger partial charge in [-0.15, -0.1) is 0 Å². The summed E-state index contributed by atoms with van der Waals surface area (Å²) in [5.41, 5.74) is 0.0309. The highest BCUT2D eigenvalue weighted by Crippen LogP contribution is 2.49. The van der Waals surface area contributed by atoms with Gasteiger partial charge in [0, 0.05) is 30.8 Å². The van der Waals surface area contributed by atoms with Gasteiger partial charge < -0.3 is 23.7 Å². The summed E-state index contributed by atoms with van der Waals surface area (Å²) in [6.45, 7) is 8.71. The number of allylic oxidation sites excluding steroid dienone is 1. The number of hydrogen-bond donors (Lipinski definition) is 0. The maximum atomic E-state index is 11.5. The lowest BCUT2D eigenvalue weighted by Crippen LogP contribution is -2.50. The zero-order chi connectivity index (χ0) is 21.5. The second-order valence-electron chi connectivity index (χ2n) is 10.1. The van der Waals surface area contributed by atoms with Crippen molar-refractivity contribution in [2.75, 3.05) is 19.8 Å². The maximum Gasteiger partial charge on any atom is 0.172 e. The van der Waals surface area contributed by atoms with Crippen LogP contribution in [0.25, 0.3) is 0 Å². The molecule has 4 atom stereocenters. The molecule has 0 radical (unpaired) electrons. The fourth-order valence-corrected chi connectivity index (χ4v) is 4.93. The van der Waals surface area contributed by atoms with Gasteiger partial charge in [0.1, 0.15) is 6.29 Å². The average Bonchev–Trinajstić information content (AvgIpc) is 3.07. The zero-order valence-corrected chi connectivity index (χ0v) is 19.3. The largest absolute Gasteiger partial charge is 0.353 e. The number of ether oxygens (including phenoxy) is 4. The van der Waals surface area contributed by atoms with Crippen LogP contribution >= 0.6 is 0 Å². The summed E-state index contributed by atoms with van der Waals surface area (Å²) < 4.78 is 24.7. The normalized spacial score (nSPS) is 31.9. The molecule has 1 aliphatic carbocycles. The van der Waals surface area contributed by atoms with E-state index in [1.807, 2.05) is 0 Å². The van der Waals surface area contributed by atoms with Gasteiger partial charge in [-0.05, 0) is 38.0 Å². The summed E-state index contributed by atoms with van der Waals surface area (Å²) in [7, 11) is 0. The van der Waals surface area contributed by atoms with Gasteiger partial charge in [0.05, 0.1) is 19.3 Å². The van der Waals surface area contributed by atoms with Crippen LogP contribution in [0.2, 0.25) is 0 Å². The minimum absolute atomic E-state index is 0.0309. The van der Waals surface area contributed by atoms with Crippen LogP contribution in [0, 0.1) is 17.3 Å². The first kappa shape index (κ1) is 23.9. The molecule has 0 aromatic carbocycles. The van der Waals surface area contributed by atoms with Crippen LogP contribution in [0.3, 0.4) is 0 Å². The Morgan fingerprint density at radius 1 is 1.13 bits per heavy atom. The molecule has 0 aromatic rings. The third kappa shape index (κ3) is 6.38. The molecule has 0 aromatic heterocycles. The van der Waals surface area contributed by atoms with E-state index in [0.717, 1.165) is 51.4 Å². The minimum atomic E-state index is -0.601. The molecule has 30 heavy (non-hydrogen) atoms. The van der Waals surface area contributed by atoms with Crippen molar-refractivity contribution in [3.05, 3.63) is 12.2 Å². The second kappa shape index (κ2) is 11.2. The Hall–Kier alpha value is -0.750. The molecule has 1 saturated carbocycles. The van der Waals surface area contributed by atoms with Gasteiger partial charge in [-0.25, -0.2) is 0 Å². The topological polar surface area (TPSA) is 54.0 Å². The van der Waals surface area contributed by atoms with Crippen LogP contribution in [0.15, 0.2) is 12.2 Å². The monoisotopic (exact) mass is 422 g/mol. The first-order valence-electron chi connectivity index (χ1n) is 12.1. The molecule has 2 heterocycles. The van der Waals surface area contributed by atoms with Gasteiger partial charge in [-0.2, -0.15) is 0 Å². The number of rotatable bonds is 10. The lowest BCUT2D eigenvalue weighted by atomic mass is 9.87. The first-order chi connectivity index (χ1) is 14.5. The summed E-state index contributed by atoms with van der Waals surface area (Å²) in [5, 5.41) is 0. The van der Waals surface area contributed by atoms with Crippen molar-refractivity contribution in [2.24, 2.45) is 17.3 Å². The maximum absolute atomic E-state index is 11.5. The van der Waals surface area contributed by atoms with Gasteiger partial charge in [0.15, 0.2) is 12.1 Å². The molecular formula is C25H42O5. The lowest BCUT2D eigenvalue weighted by Gasteiger charge is -2.45. The number of unbranched alkanes of at least 4 members (excludes halogenated alkanes) is 2. The predicted octanol–water partition coefficient (Wildman–Crippen LogP) is 5.42. The van der Waals surface area contributed by atoms with Gasteiger partial charge >= 0.3 is 0 Å². The molecule has 2 aliphatic heterocycles. The quantitative estimate of drug-likeness (QED) is 0.267. The van der Waals surface area contributed by atoms with Gasteiger partial charge in [-0.1, -0.05) is 52.2 Å². The molecule has 2 saturated heterocycles. The number of aldehydes is 1. The summed E-state index contributed by atoms with van der Waals surface area (Å²) in [5.74, 6) is -0.248. The first-order valence-corrected chi connectivity index (χ1v) is 12.1. The Morgan fingerprint density at radius 3 is 2.60 bits per heavy atom. The summed E-state index contributed by atoms with van der Waals surface area (Å²) in [4.78, 5) is 11.5. The van der Waals surface area contributed by atoms with Crippen LogP contribution in [0.4, 0.5) is 0 Å². The van der Waals surface area contributed by atoms with Gasteiger partial charge in [0.2, 0.25) is 0 Å². The van der Waals surface area contributed by atoms with Crippen LogP contribution in [0.1, 0.15) is 85.0 Å². The van der Waals surface area contributed by atoms with Crippen molar-refractivity contribution >= 4 is 6.29 Å². The van der Waals surface area contributed by atoms with Crippen molar-refractivity contribution in [1.29, 1.82) is 0 Å². The van der Waals surface area contributed by atoms with E-state index in [2.05, 4.69) is 32.9 Å². The third-order valence-corrected chi connectivity index (χ3v) is 6.80. The molecule has 0 N–H and O–H groups in total. The Balaban J connectivity index is 1.64. The minimum Gasteiger partial charge on any atom is -0.353 e. The van der Waals surface area contributed by atoms with E-state index in [0.29, 0.717) is 19.6 Å². The SMILES string of the molecule is CCCCCC(/C=C/C1CCC2(OCC(C)(C)CO2)C1CC=O)OC1CCCCO1. The molecule has 0 bridgehead atoms. The van der Waals surface area contributed by atoms with Crippen molar-refractivity contribution in [3.8, 4) is 0 Å². The molecule has 1 spiro atoms. The van der Waals surface area contributed by atoms with Crippen LogP contribution in [0.5, 0.6) is 0 Å². The second-order valence-corrected chi connectivity index (χ2v) is 10.1. The molecule has 3 aliphatic rings. The van der Waals surface area contributed by atoms with Gasteiger partial charge in [-0.3, -0.25) is 0 Å². The summed E-state index contributed by atoms with van der Waals surface area (Å²) in [6.07, 6.45) is 15.7. The highest BCUT2D eigenvalue weighted by molar-refractivity contribution is 5.50. The molecule has 172 valence electrons. The number of carbonyl (C=O) groups excluding carboxylic acids is 1. The third-order valence-electron chi connectivity index (χ3n) is 6.80. The van der Waals surface area contributed by atoms with E-state index in [9.17, 15) is 4.79 Å². The van der Waals surface area contributed by atoms with Crippen molar-refractivity contribution in [2.45, 2.75) is 103 Å². The fourth-order valence-electron chi connectivity index (χ4n) is 4.93. The molecular weight excluding hydrogens is 380 g/mol. The summed E-state index contributed by atoms with van der Waals surface area (Å²) in [6, 6.07) is 0. The van der Waals surface area contributed by atoms with E-state index < -0.39 is 5.79 Å². The Morgan fingerprint density at radius 2 is 1.93 bits per heavy atom. The Labute approximate surface area is 182 Å². The van der Waals surface area contributed by atoms with Gasteiger partial charge in [0.25, 0.3) is 0 Å². The van der Waals surface area contributed by atoms with Crippen LogP contribution in [-0.2, 0) is 23.7 Å². The summed E-state index contributed by atoms with van der Waals surface area (Å²) >= 11 is 0. The van der Waals surface area contributed by atoms with Crippen LogP contribution in [-0.4, -0.2) is 44.3 Å². The predicted molar refractivity (Wildman–Crippen MR) is 117 cm³/mol. The van der Waals surface area contributed by atoms with Crippen molar-refractivity contribution < 1.29 is 23.7 Å². The Kier molecular flexibility index (Phi) is 8.94. The van der Waals surface area contributed by atoms with Crippen molar-refractivity contribution in [1.82, 2.24) is 0 Å². The van der Waals surface area contributed by atoms with E-state index in [1.54, 1.807) is 0 Å². The van der Waals surface area contributed by atoms with Crippen molar-refractivity contribution in [3.63, 3.8) is 0 Å². The molecule has 0 amide bonds. The highest BCUT2D eigenvalue weighted by atomic mass is 16.7. The molecule has 4 unspecified atom stereocenters. The average molecular weight is 423 g/mol. The standard InChI is InChI=1S/C25H42O5/c1-4-5-6-9-21(30-23-10-7-8-17-27-23)12-11-20-13-15-25(22(20)14-16-26)28-18-24(2,3)19-29-25/h11-12,16,20-23H,4-10,13-15,17-19H2,1-3H3/b12-11+. The Bertz CT molecular complexity index is 542. The van der Waals surface area contributed by atoms with E-state index in [4.69, 9.17) is 18.9 Å². The van der Waals surface area contributed by atoms with E-state index >= 15 is 0 Å². The fraction of sp³-hybridized carbons (Fsp3) is 0.880. The molecule has 5 nitrogen and oxygen atoms in total. The zero-order valence-electron chi connectivity index (χ0n) is 19.3. The highest BCUT2D eigenvalue weighted by Gasteiger charge is 2.52. The smallest absolute Gasteiger partial charge is 0.172 e. The number of hydrogen-bond acceptors (Lipinski definition) is 5. The van der Waals surface area contributed by atoms with Crippen LogP contribution < -0.4 is 0 Å². The van der Waals surface area contributed by atoms with E-state index in [1.165, 1.54) is 19.3 Å². The molecule has 5 heteroatoms. The molecule has 3 fully saturated rings. The lowest BCUT2D eigenvalue weighted by molar-refractivity contribution is -0.315.